The normalized spacial score (nSPS) is 23.5. The van der Waals surface area contributed by atoms with E-state index in [2.05, 4.69) is 0 Å². The first-order chi connectivity index (χ1) is 12.5. The van der Waals surface area contributed by atoms with Crippen LogP contribution in [0, 0.1) is 12.3 Å². The Morgan fingerprint density at radius 3 is 2.88 bits per heavy atom. The number of likely N-dealkylation sites (tertiary alicyclic amines) is 2. The minimum atomic E-state index is -0.0298. The number of nitrogens with zero attached hydrogens (tertiary/aromatic N) is 2. The van der Waals surface area contributed by atoms with E-state index in [0.29, 0.717) is 43.8 Å². The number of methoxy groups -OCH3 is 1. The molecule has 3 rings (SSSR count). The quantitative estimate of drug-likeness (QED) is 0.894. The highest BCUT2D eigenvalue weighted by atomic mass is 16.5. The zero-order valence-electron chi connectivity index (χ0n) is 15.7. The lowest BCUT2D eigenvalue weighted by Gasteiger charge is -2.48. The van der Waals surface area contributed by atoms with Crippen molar-refractivity contribution in [3.05, 3.63) is 29.3 Å². The molecule has 1 atom stereocenters. The molecule has 1 aromatic carbocycles. The molecule has 6 nitrogen and oxygen atoms in total. The maximum absolute atomic E-state index is 13.0. The molecule has 2 amide bonds. The third kappa shape index (κ3) is 3.70. The van der Waals surface area contributed by atoms with Crippen LogP contribution >= 0.6 is 0 Å². The summed E-state index contributed by atoms with van der Waals surface area (Å²) < 4.78 is 5.13. The van der Waals surface area contributed by atoms with Gasteiger partial charge in [-0.1, -0.05) is 6.07 Å². The lowest BCUT2D eigenvalue weighted by Crippen LogP contribution is -2.55. The van der Waals surface area contributed by atoms with Gasteiger partial charge in [0, 0.05) is 56.3 Å². The van der Waals surface area contributed by atoms with Crippen molar-refractivity contribution < 1.29 is 19.4 Å². The van der Waals surface area contributed by atoms with Crippen LogP contribution in [-0.4, -0.2) is 66.6 Å². The summed E-state index contributed by atoms with van der Waals surface area (Å²) >= 11 is 0. The molecule has 1 N–H and O–H groups in total. The van der Waals surface area contributed by atoms with E-state index in [4.69, 9.17) is 4.74 Å². The summed E-state index contributed by atoms with van der Waals surface area (Å²) in [5, 5.41) is 9.91. The minimum absolute atomic E-state index is 0.0275. The molecule has 0 aliphatic carbocycles. The van der Waals surface area contributed by atoms with E-state index in [-0.39, 0.29) is 23.0 Å². The third-order valence-electron chi connectivity index (χ3n) is 5.80. The molecule has 0 saturated carbocycles. The highest BCUT2D eigenvalue weighted by Crippen LogP contribution is 2.39. The van der Waals surface area contributed by atoms with Crippen LogP contribution < -0.4 is 0 Å². The van der Waals surface area contributed by atoms with Gasteiger partial charge in [0.1, 0.15) is 5.75 Å². The van der Waals surface area contributed by atoms with Gasteiger partial charge in [-0.2, -0.15) is 0 Å². The number of phenolic OH excluding ortho intramolecular Hbond substituents is 1. The highest BCUT2D eigenvalue weighted by molar-refractivity contribution is 5.96. The van der Waals surface area contributed by atoms with Crippen molar-refractivity contribution >= 4 is 11.8 Å². The molecule has 0 unspecified atom stereocenters. The minimum Gasteiger partial charge on any atom is -0.508 e. The van der Waals surface area contributed by atoms with E-state index < -0.39 is 0 Å². The van der Waals surface area contributed by atoms with Crippen molar-refractivity contribution in [3.63, 3.8) is 0 Å². The smallest absolute Gasteiger partial charge is 0.254 e. The molecule has 26 heavy (non-hydrogen) atoms. The predicted molar refractivity (Wildman–Crippen MR) is 98.1 cm³/mol. The molecule has 1 spiro atoms. The first-order valence-electron chi connectivity index (χ1n) is 9.30. The van der Waals surface area contributed by atoms with Crippen LogP contribution in [0.15, 0.2) is 18.2 Å². The summed E-state index contributed by atoms with van der Waals surface area (Å²) in [5.74, 6) is 0.300. The fourth-order valence-electron chi connectivity index (χ4n) is 4.25. The van der Waals surface area contributed by atoms with Gasteiger partial charge in [0.15, 0.2) is 0 Å². The monoisotopic (exact) mass is 360 g/mol. The van der Waals surface area contributed by atoms with Gasteiger partial charge >= 0.3 is 0 Å². The van der Waals surface area contributed by atoms with Gasteiger partial charge in [-0.3, -0.25) is 9.59 Å². The number of aromatic hydroxyl groups is 1. The number of benzene rings is 1. The number of hydrogen-bond acceptors (Lipinski definition) is 4. The second-order valence-corrected chi connectivity index (χ2v) is 7.59. The molecular weight excluding hydrogens is 332 g/mol. The van der Waals surface area contributed by atoms with Crippen LogP contribution in [0.4, 0.5) is 0 Å². The molecule has 2 aliphatic rings. The van der Waals surface area contributed by atoms with Crippen molar-refractivity contribution in [1.82, 2.24) is 9.80 Å². The van der Waals surface area contributed by atoms with Gasteiger partial charge in [0.2, 0.25) is 5.91 Å². The van der Waals surface area contributed by atoms with Gasteiger partial charge in [0.25, 0.3) is 5.91 Å². The van der Waals surface area contributed by atoms with Gasteiger partial charge in [-0.25, -0.2) is 0 Å². The van der Waals surface area contributed by atoms with Crippen LogP contribution in [0.5, 0.6) is 5.75 Å². The fraction of sp³-hybridized carbons (Fsp3) is 0.600. The molecule has 0 aromatic heterocycles. The zero-order chi connectivity index (χ0) is 18.7. The van der Waals surface area contributed by atoms with Crippen molar-refractivity contribution in [1.29, 1.82) is 0 Å². The van der Waals surface area contributed by atoms with E-state index in [9.17, 15) is 14.7 Å². The Labute approximate surface area is 154 Å². The lowest BCUT2D eigenvalue weighted by atomic mass is 9.73. The summed E-state index contributed by atoms with van der Waals surface area (Å²) in [6.07, 6.45) is 3.34. The Morgan fingerprint density at radius 1 is 1.31 bits per heavy atom. The average Bonchev–Trinajstić information content (AvgIpc) is 2.64. The molecule has 0 bridgehead atoms. The second-order valence-electron chi connectivity index (χ2n) is 7.59. The topological polar surface area (TPSA) is 70.1 Å². The zero-order valence-corrected chi connectivity index (χ0v) is 15.7. The third-order valence-corrected chi connectivity index (χ3v) is 5.80. The first-order valence-corrected chi connectivity index (χ1v) is 9.30. The highest BCUT2D eigenvalue weighted by Gasteiger charge is 2.42. The number of phenols is 1. The van der Waals surface area contributed by atoms with Crippen LogP contribution in [0.25, 0.3) is 0 Å². The van der Waals surface area contributed by atoms with E-state index in [1.807, 2.05) is 9.80 Å². The number of amides is 2. The molecule has 2 saturated heterocycles. The Hall–Kier alpha value is -2.08. The molecule has 6 heteroatoms. The molecule has 0 radical (unpaired) electrons. The lowest BCUT2D eigenvalue weighted by molar-refractivity contribution is -0.139. The second kappa shape index (κ2) is 7.66. The number of carbonyl (C=O) groups excluding carboxylic acids is 2. The van der Waals surface area contributed by atoms with E-state index in [0.717, 1.165) is 25.8 Å². The standard InChI is InChI=1S/C20H28N2O4/c1-15-16(5-3-6-17(15)23)19(25)22-10-4-8-20(14-22)9-7-18(24)21(13-20)11-12-26-2/h3,5-6,23H,4,7-14H2,1-2H3/t20-/m1/s1. The Bertz CT molecular complexity index is 690. The van der Waals surface area contributed by atoms with Crippen molar-refractivity contribution in [2.45, 2.75) is 32.6 Å². The van der Waals surface area contributed by atoms with Crippen molar-refractivity contribution in [2.75, 3.05) is 39.9 Å². The largest absolute Gasteiger partial charge is 0.508 e. The van der Waals surface area contributed by atoms with Crippen LogP contribution in [0.1, 0.15) is 41.6 Å². The summed E-state index contributed by atoms with van der Waals surface area (Å²) in [6, 6.07) is 5.08. The molecular formula is C20H28N2O4. The van der Waals surface area contributed by atoms with Crippen molar-refractivity contribution in [3.8, 4) is 5.75 Å². The Balaban J connectivity index is 1.75. The molecule has 1 aromatic rings. The summed E-state index contributed by atoms with van der Waals surface area (Å²) in [6.45, 7) is 5.00. The molecule has 2 heterocycles. The van der Waals surface area contributed by atoms with Crippen molar-refractivity contribution in [2.24, 2.45) is 5.41 Å². The van der Waals surface area contributed by atoms with Gasteiger partial charge in [-0.15, -0.1) is 0 Å². The van der Waals surface area contributed by atoms with Crippen LogP contribution in [0.3, 0.4) is 0 Å². The number of hydrogen-bond donors (Lipinski definition) is 1. The van der Waals surface area contributed by atoms with E-state index in [1.54, 1.807) is 32.2 Å². The van der Waals surface area contributed by atoms with Gasteiger partial charge in [-0.05, 0) is 38.3 Å². The number of rotatable bonds is 4. The van der Waals surface area contributed by atoms with Gasteiger partial charge in [0.05, 0.1) is 6.61 Å². The molecule has 2 fully saturated rings. The van der Waals surface area contributed by atoms with E-state index >= 15 is 0 Å². The molecule has 142 valence electrons. The summed E-state index contributed by atoms with van der Waals surface area (Å²) in [4.78, 5) is 29.0. The fourth-order valence-corrected chi connectivity index (χ4v) is 4.25. The Morgan fingerprint density at radius 2 is 2.12 bits per heavy atom. The SMILES string of the molecule is COCCN1C[C@@]2(CCCN(C(=O)c3cccc(O)c3C)C2)CCC1=O. The maximum atomic E-state index is 13.0. The first kappa shape index (κ1) is 18.7. The van der Waals surface area contributed by atoms with E-state index in [1.165, 1.54) is 0 Å². The summed E-state index contributed by atoms with van der Waals surface area (Å²) in [7, 11) is 1.64. The van der Waals surface area contributed by atoms with Gasteiger partial charge < -0.3 is 19.6 Å². The average molecular weight is 360 g/mol. The number of carbonyl (C=O) groups is 2. The van der Waals surface area contributed by atoms with Crippen LogP contribution in [-0.2, 0) is 9.53 Å². The number of piperidine rings is 2. The number of ether oxygens (including phenoxy) is 1. The molecule has 2 aliphatic heterocycles. The van der Waals surface area contributed by atoms with Crippen LogP contribution in [0.2, 0.25) is 0 Å². The maximum Gasteiger partial charge on any atom is 0.254 e. The predicted octanol–water partition coefficient (Wildman–Crippen LogP) is 2.19. The summed E-state index contributed by atoms with van der Waals surface area (Å²) in [5.41, 5.74) is 1.16. The Kier molecular flexibility index (Phi) is 5.51.